The van der Waals surface area contributed by atoms with Crippen LogP contribution in [0, 0.1) is 0 Å². The number of piperidine rings is 1. The second-order valence-corrected chi connectivity index (χ2v) is 7.22. The number of methoxy groups -OCH3 is 2. The van der Waals surface area contributed by atoms with E-state index in [9.17, 15) is 4.79 Å². The number of hydrogen-bond donors (Lipinski definition) is 1. The lowest BCUT2D eigenvalue weighted by molar-refractivity contribution is -0.903. The molecular formula is C22H26N3O3+. The molecule has 4 rings (SSSR count). The lowest BCUT2D eigenvalue weighted by Crippen LogP contribution is -3.14. The minimum atomic E-state index is -0.0443. The molecule has 1 N–H and O–H groups in total. The number of aliphatic imine (C=N–C) groups is 1. The summed E-state index contributed by atoms with van der Waals surface area (Å²) in [4.78, 5) is 21.3. The Bertz CT molecular complexity index is 904. The van der Waals surface area contributed by atoms with Crippen molar-refractivity contribution in [2.24, 2.45) is 4.99 Å². The number of quaternary nitrogens is 1. The molecule has 0 atom stereocenters. The van der Waals surface area contributed by atoms with Crippen LogP contribution >= 0.6 is 0 Å². The van der Waals surface area contributed by atoms with E-state index in [0.717, 1.165) is 24.3 Å². The smallest absolute Gasteiger partial charge is 0.281 e. The number of ether oxygens (including phenoxy) is 2. The number of amides is 1. The third kappa shape index (κ3) is 3.47. The van der Waals surface area contributed by atoms with Crippen LogP contribution in [0.4, 0.5) is 11.4 Å². The Hall–Kier alpha value is -2.86. The number of carbonyl (C=O) groups is 1. The normalized spacial score (nSPS) is 18.4. The summed E-state index contributed by atoms with van der Waals surface area (Å²) in [6.07, 6.45) is 3.74. The van der Waals surface area contributed by atoms with Gasteiger partial charge in [0.25, 0.3) is 5.91 Å². The molecule has 0 bridgehead atoms. The van der Waals surface area contributed by atoms with Crippen molar-refractivity contribution >= 4 is 23.0 Å². The van der Waals surface area contributed by atoms with Gasteiger partial charge >= 0.3 is 0 Å². The first-order valence-electron chi connectivity index (χ1n) is 9.77. The van der Waals surface area contributed by atoms with Gasteiger partial charge in [-0.15, -0.1) is 0 Å². The average Bonchev–Trinajstić information content (AvgIpc) is 3.00. The van der Waals surface area contributed by atoms with Gasteiger partial charge in [0.1, 0.15) is 22.9 Å². The Kier molecular flexibility index (Phi) is 5.30. The second-order valence-electron chi connectivity index (χ2n) is 7.22. The maximum Gasteiger partial charge on any atom is 0.281 e. The van der Waals surface area contributed by atoms with Crippen molar-refractivity contribution in [1.82, 2.24) is 0 Å². The molecular weight excluding hydrogens is 354 g/mol. The molecule has 2 aromatic carbocycles. The Morgan fingerprint density at radius 2 is 1.82 bits per heavy atom. The fraction of sp³-hybridized carbons (Fsp3) is 0.364. The molecule has 1 amide bonds. The van der Waals surface area contributed by atoms with Crippen LogP contribution in [0.25, 0.3) is 0 Å². The SMILES string of the molecule is COc1ccc(N=C2C(=O)N(C[NH+]3CCCCC3)c3ccccc32)c(OC)c1. The van der Waals surface area contributed by atoms with Gasteiger partial charge in [-0.1, -0.05) is 18.2 Å². The number of para-hydroxylation sites is 1. The monoisotopic (exact) mass is 380 g/mol. The lowest BCUT2D eigenvalue weighted by Gasteiger charge is -2.27. The Labute approximate surface area is 165 Å². The number of carbonyl (C=O) groups excluding carboxylic acids is 1. The summed E-state index contributed by atoms with van der Waals surface area (Å²) in [7, 11) is 3.20. The number of nitrogens with one attached hydrogen (secondary N) is 1. The van der Waals surface area contributed by atoms with Crippen molar-refractivity contribution in [2.75, 3.05) is 38.9 Å². The molecule has 2 aromatic rings. The molecule has 0 radical (unpaired) electrons. The number of likely N-dealkylation sites (tertiary alicyclic amines) is 1. The van der Waals surface area contributed by atoms with Crippen LogP contribution in [0.15, 0.2) is 47.5 Å². The predicted molar refractivity (Wildman–Crippen MR) is 109 cm³/mol. The van der Waals surface area contributed by atoms with Gasteiger partial charge in [-0.3, -0.25) is 9.69 Å². The van der Waals surface area contributed by atoms with Gasteiger partial charge in [0.2, 0.25) is 0 Å². The van der Waals surface area contributed by atoms with Crippen molar-refractivity contribution in [3.8, 4) is 11.5 Å². The van der Waals surface area contributed by atoms with E-state index in [4.69, 9.17) is 14.5 Å². The average molecular weight is 380 g/mol. The number of hydrogen-bond acceptors (Lipinski definition) is 4. The van der Waals surface area contributed by atoms with Crippen molar-refractivity contribution in [3.05, 3.63) is 48.0 Å². The molecule has 2 aliphatic rings. The van der Waals surface area contributed by atoms with Crippen LogP contribution in [0.5, 0.6) is 11.5 Å². The maximum atomic E-state index is 13.3. The highest BCUT2D eigenvalue weighted by Gasteiger charge is 2.36. The van der Waals surface area contributed by atoms with E-state index in [1.807, 2.05) is 41.3 Å². The molecule has 1 saturated heterocycles. The summed E-state index contributed by atoms with van der Waals surface area (Å²) >= 11 is 0. The standard InChI is InChI=1S/C22H25N3O3/c1-27-16-10-11-18(20(14-16)28-2)23-21-17-8-4-5-9-19(17)25(22(21)26)15-24-12-6-3-7-13-24/h4-5,8-11,14H,3,6-7,12-13,15H2,1-2H3/p+1. The first kappa shape index (κ1) is 18.5. The number of fused-ring (bicyclic) bond motifs is 1. The summed E-state index contributed by atoms with van der Waals surface area (Å²) in [6.45, 7) is 2.92. The molecule has 0 saturated carbocycles. The maximum absolute atomic E-state index is 13.3. The molecule has 6 heteroatoms. The van der Waals surface area contributed by atoms with Crippen molar-refractivity contribution in [2.45, 2.75) is 19.3 Å². The highest BCUT2D eigenvalue weighted by molar-refractivity contribution is 6.54. The van der Waals surface area contributed by atoms with Crippen molar-refractivity contribution in [3.63, 3.8) is 0 Å². The molecule has 146 valence electrons. The van der Waals surface area contributed by atoms with E-state index in [1.165, 1.54) is 24.2 Å². The third-order valence-corrected chi connectivity index (χ3v) is 5.46. The van der Waals surface area contributed by atoms with E-state index in [2.05, 4.69) is 0 Å². The quantitative estimate of drug-likeness (QED) is 0.865. The van der Waals surface area contributed by atoms with Crippen LogP contribution in [0.2, 0.25) is 0 Å². The highest BCUT2D eigenvalue weighted by Crippen LogP contribution is 2.35. The highest BCUT2D eigenvalue weighted by atomic mass is 16.5. The predicted octanol–water partition coefficient (Wildman–Crippen LogP) is 2.20. The Balaban J connectivity index is 1.70. The summed E-state index contributed by atoms with van der Waals surface area (Å²) in [6, 6.07) is 13.3. The van der Waals surface area contributed by atoms with Gasteiger partial charge in [0.05, 0.1) is 33.0 Å². The van der Waals surface area contributed by atoms with Gasteiger partial charge in [-0.05, 0) is 37.5 Å². The number of benzene rings is 2. The Morgan fingerprint density at radius 1 is 1.04 bits per heavy atom. The zero-order valence-corrected chi connectivity index (χ0v) is 16.4. The topological polar surface area (TPSA) is 55.6 Å². The fourth-order valence-corrected chi connectivity index (χ4v) is 3.96. The summed E-state index contributed by atoms with van der Waals surface area (Å²) in [5, 5.41) is 0. The van der Waals surface area contributed by atoms with E-state index in [0.29, 0.717) is 29.6 Å². The van der Waals surface area contributed by atoms with E-state index in [-0.39, 0.29) is 5.91 Å². The third-order valence-electron chi connectivity index (χ3n) is 5.46. The van der Waals surface area contributed by atoms with Gasteiger partial charge in [0.15, 0.2) is 6.67 Å². The first-order valence-corrected chi connectivity index (χ1v) is 9.77. The summed E-state index contributed by atoms with van der Waals surface area (Å²) in [5.41, 5.74) is 2.91. The molecule has 1 fully saturated rings. The van der Waals surface area contributed by atoms with Gasteiger partial charge in [-0.2, -0.15) is 0 Å². The molecule has 0 aromatic heterocycles. The zero-order chi connectivity index (χ0) is 19.5. The first-order chi connectivity index (χ1) is 13.7. The van der Waals surface area contributed by atoms with Gasteiger partial charge < -0.3 is 14.4 Å². The molecule has 2 aliphatic heterocycles. The zero-order valence-electron chi connectivity index (χ0n) is 16.4. The van der Waals surface area contributed by atoms with Crippen molar-refractivity contribution < 1.29 is 19.2 Å². The van der Waals surface area contributed by atoms with Crippen LogP contribution in [-0.4, -0.2) is 45.6 Å². The number of anilines is 1. The Morgan fingerprint density at radius 3 is 2.57 bits per heavy atom. The van der Waals surface area contributed by atoms with E-state index >= 15 is 0 Å². The molecule has 0 unspecified atom stereocenters. The van der Waals surface area contributed by atoms with Gasteiger partial charge in [0, 0.05) is 11.6 Å². The lowest BCUT2D eigenvalue weighted by atomic mass is 10.1. The molecule has 2 heterocycles. The second kappa shape index (κ2) is 8.02. The summed E-state index contributed by atoms with van der Waals surface area (Å²) in [5.74, 6) is 1.23. The number of nitrogens with zero attached hydrogens (tertiary/aromatic N) is 2. The molecule has 0 spiro atoms. The van der Waals surface area contributed by atoms with Gasteiger partial charge in [-0.25, -0.2) is 4.99 Å². The van der Waals surface area contributed by atoms with Crippen LogP contribution in [-0.2, 0) is 4.79 Å². The largest absolute Gasteiger partial charge is 0.497 e. The van der Waals surface area contributed by atoms with Crippen LogP contribution < -0.4 is 19.3 Å². The fourth-order valence-electron chi connectivity index (χ4n) is 3.96. The molecule has 0 aliphatic carbocycles. The van der Waals surface area contributed by atoms with Crippen molar-refractivity contribution in [1.29, 1.82) is 0 Å². The van der Waals surface area contributed by atoms with Crippen LogP contribution in [0.3, 0.4) is 0 Å². The molecule has 6 nitrogen and oxygen atoms in total. The minimum Gasteiger partial charge on any atom is -0.497 e. The number of rotatable bonds is 5. The van der Waals surface area contributed by atoms with E-state index in [1.54, 1.807) is 20.3 Å². The minimum absolute atomic E-state index is 0.0443. The molecule has 28 heavy (non-hydrogen) atoms. The van der Waals surface area contributed by atoms with Crippen LogP contribution in [0.1, 0.15) is 24.8 Å². The van der Waals surface area contributed by atoms with E-state index < -0.39 is 0 Å². The summed E-state index contributed by atoms with van der Waals surface area (Å²) < 4.78 is 10.7.